The van der Waals surface area contributed by atoms with Crippen LogP contribution in [0.1, 0.15) is 12.8 Å². The van der Waals surface area contributed by atoms with E-state index in [1.807, 2.05) is 0 Å². The summed E-state index contributed by atoms with van der Waals surface area (Å²) in [7, 11) is -3.25. The molecule has 0 spiro atoms. The van der Waals surface area contributed by atoms with E-state index in [2.05, 4.69) is 0 Å². The van der Waals surface area contributed by atoms with E-state index in [0.717, 1.165) is 0 Å². The maximum atomic E-state index is 11.6. The number of aliphatic hydroxyl groups is 1. The normalized spacial score (nSPS) is 24.6. The average Bonchev–Trinajstić information content (AvgIpc) is 2.57. The fourth-order valence-corrected chi connectivity index (χ4v) is 3.39. The molecule has 0 bridgehead atoms. The Balaban J connectivity index is 2.07. The zero-order valence-corrected chi connectivity index (χ0v) is 13.8. The molecule has 0 saturated carbocycles. The van der Waals surface area contributed by atoms with Crippen molar-refractivity contribution in [2.24, 2.45) is 0 Å². The summed E-state index contributed by atoms with van der Waals surface area (Å²) >= 11 is 11.8. The third-order valence-electron chi connectivity index (χ3n) is 3.41. The van der Waals surface area contributed by atoms with Crippen LogP contribution >= 0.6 is 23.2 Å². The van der Waals surface area contributed by atoms with Crippen molar-refractivity contribution in [3.8, 4) is 5.75 Å². The van der Waals surface area contributed by atoms with Crippen molar-refractivity contribution in [2.75, 3.05) is 19.3 Å². The van der Waals surface area contributed by atoms with Crippen molar-refractivity contribution in [1.29, 1.82) is 0 Å². The van der Waals surface area contributed by atoms with Gasteiger partial charge in [-0.1, -0.05) is 23.2 Å². The van der Waals surface area contributed by atoms with Gasteiger partial charge in [0.2, 0.25) is 10.0 Å². The zero-order valence-electron chi connectivity index (χ0n) is 11.5. The smallest absolute Gasteiger partial charge is 0.211 e. The summed E-state index contributed by atoms with van der Waals surface area (Å²) in [6, 6.07) is 4.86. The van der Waals surface area contributed by atoms with Crippen molar-refractivity contribution >= 4 is 33.2 Å². The van der Waals surface area contributed by atoms with E-state index >= 15 is 0 Å². The molecule has 2 rings (SSSR count). The molecule has 1 heterocycles. The molecule has 1 aliphatic heterocycles. The molecule has 1 fully saturated rings. The monoisotopic (exact) mass is 353 g/mol. The van der Waals surface area contributed by atoms with Crippen LogP contribution in [0.4, 0.5) is 0 Å². The van der Waals surface area contributed by atoms with Crippen LogP contribution in [0.2, 0.25) is 10.0 Å². The molecule has 0 amide bonds. The highest BCUT2D eigenvalue weighted by molar-refractivity contribution is 7.88. The van der Waals surface area contributed by atoms with Gasteiger partial charge in [-0.3, -0.25) is 0 Å². The Morgan fingerprint density at radius 3 is 2.52 bits per heavy atom. The number of hydrogen-bond donors (Lipinski definition) is 1. The lowest BCUT2D eigenvalue weighted by Gasteiger charge is -2.21. The SMILES string of the molecule is CS(=O)(=O)N1CCC(O)C(Oc2ccc(Cl)c(Cl)c2)CC1. The molecule has 1 N–H and O–H groups in total. The van der Waals surface area contributed by atoms with Gasteiger partial charge in [0, 0.05) is 25.6 Å². The average molecular weight is 354 g/mol. The molecular weight excluding hydrogens is 337 g/mol. The van der Waals surface area contributed by atoms with Crippen LogP contribution in [-0.2, 0) is 10.0 Å². The van der Waals surface area contributed by atoms with E-state index in [-0.39, 0.29) is 0 Å². The summed E-state index contributed by atoms with van der Waals surface area (Å²) in [6.07, 6.45) is 0.702. The Labute approximate surface area is 134 Å². The van der Waals surface area contributed by atoms with Gasteiger partial charge in [-0.25, -0.2) is 12.7 Å². The van der Waals surface area contributed by atoms with E-state index < -0.39 is 22.2 Å². The first-order valence-electron chi connectivity index (χ1n) is 6.52. The van der Waals surface area contributed by atoms with Gasteiger partial charge in [0.25, 0.3) is 0 Å². The fourth-order valence-electron chi connectivity index (χ4n) is 2.23. The molecule has 118 valence electrons. The first-order valence-corrected chi connectivity index (χ1v) is 9.12. The number of benzene rings is 1. The fraction of sp³-hybridized carbons (Fsp3) is 0.538. The Morgan fingerprint density at radius 1 is 1.24 bits per heavy atom. The lowest BCUT2D eigenvalue weighted by Crippen LogP contribution is -2.32. The van der Waals surface area contributed by atoms with Gasteiger partial charge < -0.3 is 9.84 Å². The second-order valence-electron chi connectivity index (χ2n) is 5.04. The summed E-state index contributed by atoms with van der Waals surface area (Å²) in [5, 5.41) is 10.9. The maximum absolute atomic E-state index is 11.6. The number of aliphatic hydroxyl groups excluding tert-OH is 1. The number of ether oxygens (including phenoxy) is 1. The number of nitrogens with zero attached hydrogens (tertiary/aromatic N) is 1. The summed E-state index contributed by atoms with van der Waals surface area (Å²) in [5.41, 5.74) is 0. The maximum Gasteiger partial charge on any atom is 0.211 e. The summed E-state index contributed by atoms with van der Waals surface area (Å²) in [5.74, 6) is 0.501. The van der Waals surface area contributed by atoms with Gasteiger partial charge >= 0.3 is 0 Å². The Hall–Kier alpha value is -0.530. The van der Waals surface area contributed by atoms with Crippen molar-refractivity contribution < 1.29 is 18.3 Å². The second kappa shape index (κ2) is 6.71. The van der Waals surface area contributed by atoms with Crippen molar-refractivity contribution in [3.05, 3.63) is 28.2 Å². The van der Waals surface area contributed by atoms with Crippen molar-refractivity contribution in [1.82, 2.24) is 4.31 Å². The van der Waals surface area contributed by atoms with Crippen LogP contribution in [-0.4, -0.2) is 49.4 Å². The van der Waals surface area contributed by atoms with Crippen LogP contribution in [0.15, 0.2) is 18.2 Å². The molecule has 8 heteroatoms. The molecule has 1 saturated heterocycles. The number of halogens is 2. The topological polar surface area (TPSA) is 66.8 Å². The van der Waals surface area contributed by atoms with E-state index in [1.54, 1.807) is 18.2 Å². The van der Waals surface area contributed by atoms with Gasteiger partial charge in [0.15, 0.2) is 0 Å². The number of sulfonamides is 1. The number of rotatable bonds is 3. The zero-order chi connectivity index (χ0) is 15.6. The highest BCUT2D eigenvalue weighted by Gasteiger charge is 2.29. The van der Waals surface area contributed by atoms with Crippen molar-refractivity contribution in [3.63, 3.8) is 0 Å². The Kier molecular flexibility index (Phi) is 5.38. The lowest BCUT2D eigenvalue weighted by molar-refractivity contribution is 0.0350. The quantitative estimate of drug-likeness (QED) is 0.903. The highest BCUT2D eigenvalue weighted by atomic mass is 35.5. The summed E-state index contributed by atoms with van der Waals surface area (Å²) in [4.78, 5) is 0. The van der Waals surface area contributed by atoms with Crippen LogP contribution in [0, 0.1) is 0 Å². The minimum Gasteiger partial charge on any atom is -0.488 e. The van der Waals surface area contributed by atoms with Gasteiger partial charge in [-0.05, 0) is 18.6 Å². The van der Waals surface area contributed by atoms with Crippen LogP contribution in [0.5, 0.6) is 5.75 Å². The summed E-state index contributed by atoms with van der Waals surface area (Å²) < 4.78 is 30.2. The van der Waals surface area contributed by atoms with Crippen molar-refractivity contribution in [2.45, 2.75) is 25.0 Å². The first-order chi connectivity index (χ1) is 9.77. The molecule has 5 nitrogen and oxygen atoms in total. The molecule has 1 aliphatic rings. The summed E-state index contributed by atoms with van der Waals surface area (Å²) in [6.45, 7) is 0.614. The van der Waals surface area contributed by atoms with E-state index in [9.17, 15) is 13.5 Å². The highest BCUT2D eigenvalue weighted by Crippen LogP contribution is 2.28. The molecule has 2 unspecified atom stereocenters. The van der Waals surface area contributed by atoms with Crippen LogP contribution < -0.4 is 4.74 Å². The third kappa shape index (κ3) is 4.47. The minimum absolute atomic E-state index is 0.293. The van der Waals surface area contributed by atoms with Gasteiger partial charge in [0.05, 0.1) is 22.4 Å². The lowest BCUT2D eigenvalue weighted by atomic mass is 10.1. The molecule has 21 heavy (non-hydrogen) atoms. The van der Waals surface area contributed by atoms with Crippen LogP contribution in [0.25, 0.3) is 0 Å². The molecule has 0 aliphatic carbocycles. The van der Waals surface area contributed by atoms with Gasteiger partial charge in [-0.15, -0.1) is 0 Å². The van der Waals surface area contributed by atoms with Gasteiger partial charge in [-0.2, -0.15) is 0 Å². The molecule has 2 atom stereocenters. The Bertz CT molecular complexity index is 608. The molecule has 0 aromatic heterocycles. The van der Waals surface area contributed by atoms with E-state index in [0.29, 0.717) is 41.7 Å². The first kappa shape index (κ1) is 16.8. The number of hydrogen-bond acceptors (Lipinski definition) is 4. The molecule has 1 aromatic rings. The van der Waals surface area contributed by atoms with E-state index in [1.165, 1.54) is 10.6 Å². The predicted molar refractivity (Wildman–Crippen MR) is 82.5 cm³/mol. The Morgan fingerprint density at radius 2 is 1.90 bits per heavy atom. The minimum atomic E-state index is -3.25. The standard InChI is InChI=1S/C13H17Cl2NO4S/c1-21(18,19)16-6-4-12(17)13(5-7-16)20-9-2-3-10(14)11(15)8-9/h2-3,8,12-13,17H,4-7H2,1H3. The van der Waals surface area contributed by atoms with Crippen LogP contribution in [0.3, 0.4) is 0 Å². The predicted octanol–water partition coefficient (Wildman–Crippen LogP) is 2.16. The largest absolute Gasteiger partial charge is 0.488 e. The van der Waals surface area contributed by atoms with Gasteiger partial charge in [0.1, 0.15) is 11.9 Å². The molecule has 0 radical (unpaired) electrons. The molecular formula is C13H17Cl2NO4S. The third-order valence-corrected chi connectivity index (χ3v) is 5.46. The molecule has 1 aromatic carbocycles. The second-order valence-corrected chi connectivity index (χ2v) is 7.84. The van der Waals surface area contributed by atoms with E-state index in [4.69, 9.17) is 27.9 Å².